The zero-order chi connectivity index (χ0) is 17.9. The molecule has 5 heteroatoms. The SMILES string of the molecule is OCc1ccc(C2=NOC(c3ccc(C4CCCCC4)c(Cl)c3)P2)cc1. The molecule has 1 aliphatic carbocycles. The molecule has 1 heterocycles. The van der Waals surface area contributed by atoms with Crippen LogP contribution in [0.5, 0.6) is 0 Å². The zero-order valence-electron chi connectivity index (χ0n) is 14.6. The van der Waals surface area contributed by atoms with Gasteiger partial charge in [-0.15, -0.1) is 0 Å². The standard InChI is InChI=1S/C21H23ClNO2P/c22-19-12-17(10-11-18(19)15-4-2-1-3-5-15)21-25-23-20(26-21)16-8-6-14(13-24)7-9-16/h6-12,15,21,24,26H,1-5,13H2. The zero-order valence-corrected chi connectivity index (χ0v) is 16.4. The Hall–Kier alpha value is -1.41. The highest BCUT2D eigenvalue weighted by molar-refractivity contribution is 7.59. The van der Waals surface area contributed by atoms with Crippen LogP contribution < -0.4 is 0 Å². The number of halogens is 1. The van der Waals surface area contributed by atoms with Crippen LogP contribution in [0.2, 0.25) is 5.02 Å². The third kappa shape index (κ3) is 3.81. The normalized spacial score (nSPS) is 21.6. The van der Waals surface area contributed by atoms with Gasteiger partial charge in [-0.3, -0.25) is 0 Å². The number of aliphatic hydroxyl groups excluding tert-OH is 1. The van der Waals surface area contributed by atoms with E-state index in [9.17, 15) is 0 Å². The Morgan fingerprint density at radius 1 is 1.08 bits per heavy atom. The molecule has 0 amide bonds. The molecule has 0 bridgehead atoms. The summed E-state index contributed by atoms with van der Waals surface area (Å²) < 4.78 is 0. The lowest BCUT2D eigenvalue weighted by atomic mass is 9.84. The van der Waals surface area contributed by atoms with E-state index in [1.165, 1.54) is 37.7 Å². The van der Waals surface area contributed by atoms with E-state index in [1.54, 1.807) is 0 Å². The minimum atomic E-state index is -0.0552. The Kier molecular flexibility index (Phi) is 5.59. The predicted octanol–water partition coefficient (Wildman–Crippen LogP) is 5.95. The molecule has 136 valence electrons. The maximum absolute atomic E-state index is 9.16. The highest BCUT2D eigenvalue weighted by Crippen LogP contribution is 2.46. The van der Waals surface area contributed by atoms with Gasteiger partial charge in [-0.05, 0) is 44.5 Å². The summed E-state index contributed by atoms with van der Waals surface area (Å²) in [5, 5.41) is 14.3. The van der Waals surface area contributed by atoms with Crippen LogP contribution in [0.25, 0.3) is 0 Å². The van der Waals surface area contributed by atoms with Crippen LogP contribution in [0.1, 0.15) is 66.1 Å². The molecule has 1 aliphatic heterocycles. The number of hydrogen-bond donors (Lipinski definition) is 1. The predicted molar refractivity (Wildman–Crippen MR) is 108 cm³/mol. The molecule has 3 nitrogen and oxygen atoms in total. The fraction of sp³-hybridized carbons (Fsp3) is 0.381. The first-order valence-corrected chi connectivity index (χ1v) is 10.7. The minimum absolute atomic E-state index is 0.0552. The van der Waals surface area contributed by atoms with Crippen molar-refractivity contribution in [2.24, 2.45) is 5.16 Å². The quantitative estimate of drug-likeness (QED) is 0.658. The van der Waals surface area contributed by atoms with Crippen LogP contribution in [0.15, 0.2) is 47.6 Å². The Balaban J connectivity index is 1.46. The summed E-state index contributed by atoms with van der Waals surface area (Å²) in [7, 11) is 0.449. The second-order valence-corrected chi connectivity index (χ2v) is 8.73. The minimum Gasteiger partial charge on any atom is -0.392 e. The monoisotopic (exact) mass is 387 g/mol. The highest BCUT2D eigenvalue weighted by Gasteiger charge is 2.25. The van der Waals surface area contributed by atoms with Crippen molar-refractivity contribution in [1.82, 2.24) is 0 Å². The Bertz CT molecular complexity index is 800. The lowest BCUT2D eigenvalue weighted by Gasteiger charge is -2.23. The molecule has 0 radical (unpaired) electrons. The lowest BCUT2D eigenvalue weighted by molar-refractivity contribution is 0.129. The van der Waals surface area contributed by atoms with E-state index in [-0.39, 0.29) is 12.5 Å². The second-order valence-electron chi connectivity index (χ2n) is 7.04. The Morgan fingerprint density at radius 2 is 1.85 bits per heavy atom. The number of rotatable bonds is 4. The average molecular weight is 388 g/mol. The molecule has 1 fully saturated rings. The smallest absolute Gasteiger partial charge is 0.173 e. The first-order valence-electron chi connectivity index (χ1n) is 9.24. The van der Waals surface area contributed by atoms with Crippen molar-refractivity contribution in [3.63, 3.8) is 0 Å². The van der Waals surface area contributed by atoms with Crippen molar-refractivity contribution in [1.29, 1.82) is 0 Å². The number of benzene rings is 2. The van der Waals surface area contributed by atoms with Gasteiger partial charge in [0.1, 0.15) is 5.45 Å². The molecule has 2 aromatic rings. The summed E-state index contributed by atoms with van der Waals surface area (Å²) in [4.78, 5) is 5.70. The first kappa shape index (κ1) is 18.0. The third-order valence-corrected chi connectivity index (χ3v) is 6.98. The van der Waals surface area contributed by atoms with E-state index in [1.807, 2.05) is 24.3 Å². The van der Waals surface area contributed by atoms with Crippen LogP contribution >= 0.6 is 20.2 Å². The molecule has 1 saturated carbocycles. The molecule has 1 N–H and O–H groups in total. The summed E-state index contributed by atoms with van der Waals surface area (Å²) in [6.07, 6.45) is 6.46. The van der Waals surface area contributed by atoms with E-state index in [2.05, 4.69) is 23.4 Å². The second kappa shape index (κ2) is 8.08. The molecule has 2 atom stereocenters. The van der Waals surface area contributed by atoms with Crippen LogP contribution in [-0.2, 0) is 11.4 Å². The van der Waals surface area contributed by atoms with Gasteiger partial charge in [0.05, 0.1) is 6.61 Å². The van der Waals surface area contributed by atoms with Gasteiger partial charge in [-0.25, -0.2) is 0 Å². The van der Waals surface area contributed by atoms with Crippen LogP contribution in [-0.4, -0.2) is 10.6 Å². The van der Waals surface area contributed by atoms with Crippen molar-refractivity contribution in [3.05, 3.63) is 69.7 Å². The number of oxime groups is 1. The summed E-state index contributed by atoms with van der Waals surface area (Å²) >= 11 is 6.61. The van der Waals surface area contributed by atoms with Gasteiger partial charge in [-0.2, -0.15) is 0 Å². The lowest BCUT2D eigenvalue weighted by Crippen LogP contribution is -2.05. The van der Waals surface area contributed by atoms with Gasteiger partial charge in [-0.1, -0.05) is 72.4 Å². The molecule has 0 saturated heterocycles. The van der Waals surface area contributed by atoms with Gasteiger partial charge in [0.15, 0.2) is 5.85 Å². The number of nitrogens with zero attached hydrogens (tertiary/aromatic N) is 1. The van der Waals surface area contributed by atoms with Gasteiger partial charge >= 0.3 is 0 Å². The molecular weight excluding hydrogens is 365 g/mol. The largest absolute Gasteiger partial charge is 0.392 e. The fourth-order valence-corrected chi connectivity index (χ4v) is 5.26. The molecular formula is C21H23ClNO2P. The third-order valence-electron chi connectivity index (χ3n) is 5.30. The van der Waals surface area contributed by atoms with E-state index < -0.39 is 0 Å². The van der Waals surface area contributed by atoms with Crippen molar-refractivity contribution >= 4 is 25.6 Å². The molecule has 0 aromatic heterocycles. The molecule has 26 heavy (non-hydrogen) atoms. The van der Waals surface area contributed by atoms with E-state index in [4.69, 9.17) is 21.5 Å². The number of aliphatic hydroxyl groups is 1. The summed E-state index contributed by atoms with van der Waals surface area (Å²) in [5.41, 5.74) is 5.30. The van der Waals surface area contributed by atoms with Crippen molar-refractivity contribution < 1.29 is 9.94 Å². The van der Waals surface area contributed by atoms with Crippen LogP contribution in [0.3, 0.4) is 0 Å². The van der Waals surface area contributed by atoms with E-state index >= 15 is 0 Å². The average Bonchev–Trinajstić information content (AvgIpc) is 3.19. The summed E-state index contributed by atoms with van der Waals surface area (Å²) in [6, 6.07) is 14.2. The summed E-state index contributed by atoms with van der Waals surface area (Å²) in [6.45, 7) is 0.0556. The molecule has 2 unspecified atom stereocenters. The Morgan fingerprint density at radius 3 is 2.54 bits per heavy atom. The van der Waals surface area contributed by atoms with Gasteiger partial charge in [0, 0.05) is 16.1 Å². The van der Waals surface area contributed by atoms with Crippen molar-refractivity contribution in [3.8, 4) is 0 Å². The van der Waals surface area contributed by atoms with Crippen molar-refractivity contribution in [2.75, 3.05) is 0 Å². The fourth-order valence-electron chi connectivity index (χ4n) is 3.78. The van der Waals surface area contributed by atoms with E-state index in [0.717, 1.165) is 27.2 Å². The highest BCUT2D eigenvalue weighted by atomic mass is 35.5. The van der Waals surface area contributed by atoms with Gasteiger partial charge in [0.25, 0.3) is 0 Å². The van der Waals surface area contributed by atoms with Crippen molar-refractivity contribution in [2.45, 2.75) is 50.5 Å². The van der Waals surface area contributed by atoms with E-state index in [0.29, 0.717) is 14.5 Å². The van der Waals surface area contributed by atoms with Crippen LogP contribution in [0.4, 0.5) is 0 Å². The van der Waals surface area contributed by atoms with Gasteiger partial charge in [0.2, 0.25) is 0 Å². The first-order chi connectivity index (χ1) is 12.7. The molecule has 2 aromatic carbocycles. The Labute approximate surface area is 161 Å². The molecule has 4 rings (SSSR count). The van der Waals surface area contributed by atoms with Crippen LogP contribution in [0, 0.1) is 0 Å². The van der Waals surface area contributed by atoms with Gasteiger partial charge < -0.3 is 9.94 Å². The number of hydrogen-bond acceptors (Lipinski definition) is 3. The summed E-state index contributed by atoms with van der Waals surface area (Å²) in [5.74, 6) is 0.550. The molecule has 2 aliphatic rings. The topological polar surface area (TPSA) is 41.8 Å². The maximum atomic E-state index is 9.16. The maximum Gasteiger partial charge on any atom is 0.173 e. The molecule has 0 spiro atoms.